The van der Waals surface area contributed by atoms with E-state index in [0.29, 0.717) is 28.5 Å². The van der Waals surface area contributed by atoms with Crippen LogP contribution in [0.3, 0.4) is 0 Å². The number of benzene rings is 1. The zero-order chi connectivity index (χ0) is 22.2. The highest BCUT2D eigenvalue weighted by molar-refractivity contribution is 7.11. The number of pyridine rings is 1. The summed E-state index contributed by atoms with van der Waals surface area (Å²) < 4.78 is 7.49. The van der Waals surface area contributed by atoms with E-state index in [-0.39, 0.29) is 23.7 Å². The number of hydrogen-bond acceptors (Lipinski definition) is 7. The lowest BCUT2D eigenvalue weighted by Gasteiger charge is -2.09. The maximum atomic E-state index is 12.5. The molecule has 1 fully saturated rings. The summed E-state index contributed by atoms with van der Waals surface area (Å²) >= 11 is 1.49. The standard InChI is InChI=1S/C22H20N6O3S/c1-12-19(23-13(2)32-12)21(30)24-15-4-3-5-16(10-15)31-17-8-9-18-25-22(27-28(18)11-17)26-20(29)14-6-7-14/h3-5,8-11,14H,6-7H2,1-2H3,(H,24,30)(H,26,27,29). The van der Waals surface area contributed by atoms with Crippen molar-refractivity contribution in [1.29, 1.82) is 0 Å². The number of aryl methyl sites for hydroxylation is 2. The van der Waals surface area contributed by atoms with E-state index in [2.05, 4.69) is 25.7 Å². The van der Waals surface area contributed by atoms with Crippen LogP contribution in [0.15, 0.2) is 42.6 Å². The average molecular weight is 449 g/mol. The monoisotopic (exact) mass is 448 g/mol. The van der Waals surface area contributed by atoms with Gasteiger partial charge in [0.1, 0.15) is 17.2 Å². The van der Waals surface area contributed by atoms with Gasteiger partial charge in [0.15, 0.2) is 5.65 Å². The predicted molar refractivity (Wildman–Crippen MR) is 120 cm³/mol. The molecule has 0 saturated heterocycles. The number of amides is 2. The van der Waals surface area contributed by atoms with Gasteiger partial charge in [-0.25, -0.2) is 9.50 Å². The van der Waals surface area contributed by atoms with Gasteiger partial charge in [0.25, 0.3) is 5.91 Å². The summed E-state index contributed by atoms with van der Waals surface area (Å²) in [5.74, 6) is 1.15. The predicted octanol–water partition coefficient (Wildman–Crippen LogP) is 4.20. The topological polar surface area (TPSA) is 111 Å². The van der Waals surface area contributed by atoms with Crippen molar-refractivity contribution in [2.75, 3.05) is 10.6 Å². The van der Waals surface area contributed by atoms with Crippen LogP contribution in [-0.4, -0.2) is 31.4 Å². The molecule has 10 heteroatoms. The van der Waals surface area contributed by atoms with E-state index >= 15 is 0 Å². The minimum atomic E-state index is -0.256. The number of nitrogens with one attached hydrogen (secondary N) is 2. The van der Waals surface area contributed by atoms with Gasteiger partial charge in [0, 0.05) is 22.5 Å². The number of carbonyl (C=O) groups is 2. The molecule has 0 aliphatic heterocycles. The van der Waals surface area contributed by atoms with Crippen LogP contribution in [0.2, 0.25) is 0 Å². The number of rotatable bonds is 6. The average Bonchev–Trinajstić information content (AvgIpc) is 3.44. The minimum absolute atomic E-state index is 0.0424. The summed E-state index contributed by atoms with van der Waals surface area (Å²) in [5, 5.41) is 10.7. The van der Waals surface area contributed by atoms with E-state index in [9.17, 15) is 9.59 Å². The molecule has 0 unspecified atom stereocenters. The van der Waals surface area contributed by atoms with E-state index in [1.54, 1.807) is 47.1 Å². The zero-order valence-corrected chi connectivity index (χ0v) is 18.3. The fraction of sp³-hybridized carbons (Fsp3) is 0.227. The van der Waals surface area contributed by atoms with E-state index in [4.69, 9.17) is 4.74 Å². The molecule has 5 rings (SSSR count). The van der Waals surface area contributed by atoms with Crippen LogP contribution in [0.4, 0.5) is 11.6 Å². The third kappa shape index (κ3) is 4.30. The second kappa shape index (κ2) is 8.04. The number of thiazole rings is 1. The van der Waals surface area contributed by atoms with E-state index in [1.807, 2.05) is 13.8 Å². The van der Waals surface area contributed by atoms with E-state index in [1.165, 1.54) is 11.3 Å². The number of anilines is 2. The highest BCUT2D eigenvalue weighted by Crippen LogP contribution is 2.30. The van der Waals surface area contributed by atoms with E-state index < -0.39 is 0 Å². The molecular weight excluding hydrogens is 428 g/mol. The SMILES string of the molecule is Cc1nc(C(=O)Nc2cccc(Oc3ccc4nc(NC(=O)C5CC5)nn4c3)c2)c(C)s1. The first kappa shape index (κ1) is 20.1. The first-order valence-corrected chi connectivity index (χ1v) is 11.0. The summed E-state index contributed by atoms with van der Waals surface area (Å²) in [6, 6.07) is 10.6. The maximum absolute atomic E-state index is 12.5. The molecule has 1 aliphatic rings. The maximum Gasteiger partial charge on any atom is 0.275 e. The van der Waals surface area contributed by atoms with Gasteiger partial charge in [-0.2, -0.15) is 4.98 Å². The molecule has 162 valence electrons. The number of ether oxygens (including phenoxy) is 1. The number of nitrogens with zero attached hydrogens (tertiary/aromatic N) is 4. The highest BCUT2D eigenvalue weighted by atomic mass is 32.1. The summed E-state index contributed by atoms with van der Waals surface area (Å²) in [6.45, 7) is 3.75. The van der Waals surface area contributed by atoms with Gasteiger partial charge >= 0.3 is 0 Å². The van der Waals surface area contributed by atoms with Gasteiger partial charge < -0.3 is 10.1 Å². The first-order valence-electron chi connectivity index (χ1n) is 10.2. The lowest BCUT2D eigenvalue weighted by atomic mass is 10.2. The molecule has 3 aromatic heterocycles. The zero-order valence-electron chi connectivity index (χ0n) is 17.5. The second-order valence-electron chi connectivity index (χ2n) is 7.59. The van der Waals surface area contributed by atoms with Gasteiger partial charge in [0.05, 0.1) is 11.2 Å². The van der Waals surface area contributed by atoms with Crippen molar-refractivity contribution in [2.45, 2.75) is 26.7 Å². The quantitative estimate of drug-likeness (QED) is 0.457. The van der Waals surface area contributed by atoms with Crippen LogP contribution in [0.1, 0.15) is 33.2 Å². The summed E-state index contributed by atoms with van der Waals surface area (Å²) in [4.78, 5) is 33.9. The third-order valence-corrected chi connectivity index (χ3v) is 5.82. The molecule has 1 saturated carbocycles. The first-order chi connectivity index (χ1) is 15.4. The van der Waals surface area contributed by atoms with Crippen molar-refractivity contribution in [3.63, 3.8) is 0 Å². The van der Waals surface area contributed by atoms with Crippen LogP contribution in [0.5, 0.6) is 11.5 Å². The molecular formula is C22H20N6O3S. The number of fused-ring (bicyclic) bond motifs is 1. The van der Waals surface area contributed by atoms with Crippen molar-refractivity contribution in [3.05, 3.63) is 58.2 Å². The number of hydrogen-bond donors (Lipinski definition) is 2. The van der Waals surface area contributed by atoms with Crippen molar-refractivity contribution >= 4 is 40.4 Å². The van der Waals surface area contributed by atoms with Crippen molar-refractivity contribution in [3.8, 4) is 11.5 Å². The molecule has 0 spiro atoms. The minimum Gasteiger partial charge on any atom is -0.456 e. The van der Waals surface area contributed by atoms with Crippen molar-refractivity contribution in [2.24, 2.45) is 5.92 Å². The molecule has 4 aromatic rings. The van der Waals surface area contributed by atoms with Gasteiger partial charge in [-0.05, 0) is 51.0 Å². The Morgan fingerprint density at radius 3 is 2.69 bits per heavy atom. The Morgan fingerprint density at radius 1 is 1.09 bits per heavy atom. The van der Waals surface area contributed by atoms with Crippen LogP contribution in [0, 0.1) is 19.8 Å². The number of aromatic nitrogens is 4. The largest absolute Gasteiger partial charge is 0.456 e. The van der Waals surface area contributed by atoms with Crippen LogP contribution in [0.25, 0.3) is 5.65 Å². The van der Waals surface area contributed by atoms with Crippen LogP contribution in [-0.2, 0) is 4.79 Å². The molecule has 3 heterocycles. The summed E-state index contributed by atoms with van der Waals surface area (Å²) in [6.07, 6.45) is 3.52. The normalized spacial score (nSPS) is 13.2. The Labute approximate surface area is 187 Å². The van der Waals surface area contributed by atoms with Crippen LogP contribution < -0.4 is 15.4 Å². The molecule has 1 aromatic carbocycles. The Kier molecular flexibility index (Phi) is 5.06. The van der Waals surface area contributed by atoms with E-state index in [0.717, 1.165) is 22.7 Å². The Hall–Kier alpha value is -3.79. The van der Waals surface area contributed by atoms with Crippen molar-refractivity contribution in [1.82, 2.24) is 19.6 Å². The van der Waals surface area contributed by atoms with Gasteiger partial charge in [0.2, 0.25) is 11.9 Å². The molecule has 9 nitrogen and oxygen atoms in total. The van der Waals surface area contributed by atoms with Crippen molar-refractivity contribution < 1.29 is 14.3 Å². The lowest BCUT2D eigenvalue weighted by Crippen LogP contribution is -2.14. The summed E-state index contributed by atoms with van der Waals surface area (Å²) in [7, 11) is 0. The van der Waals surface area contributed by atoms with Crippen LogP contribution >= 0.6 is 11.3 Å². The van der Waals surface area contributed by atoms with Gasteiger partial charge in [-0.3, -0.25) is 14.9 Å². The molecule has 32 heavy (non-hydrogen) atoms. The fourth-order valence-electron chi connectivity index (χ4n) is 3.24. The smallest absolute Gasteiger partial charge is 0.275 e. The molecule has 1 aliphatic carbocycles. The van der Waals surface area contributed by atoms with Gasteiger partial charge in [-0.1, -0.05) is 6.07 Å². The lowest BCUT2D eigenvalue weighted by molar-refractivity contribution is -0.117. The molecule has 0 radical (unpaired) electrons. The second-order valence-corrected chi connectivity index (χ2v) is 9.00. The third-order valence-electron chi connectivity index (χ3n) is 4.93. The number of carbonyl (C=O) groups excluding carboxylic acids is 2. The van der Waals surface area contributed by atoms with Gasteiger partial charge in [-0.15, -0.1) is 16.4 Å². The fourth-order valence-corrected chi connectivity index (χ4v) is 4.05. The molecule has 2 N–H and O–H groups in total. The Morgan fingerprint density at radius 2 is 1.94 bits per heavy atom. The highest BCUT2D eigenvalue weighted by Gasteiger charge is 2.30. The Balaban J connectivity index is 1.29. The Bertz CT molecular complexity index is 1340. The molecule has 2 amide bonds. The molecule has 0 bridgehead atoms. The molecule has 0 atom stereocenters. The summed E-state index contributed by atoms with van der Waals surface area (Å²) in [5.41, 5.74) is 1.63.